The smallest absolute Gasteiger partial charge is 0.228 e. The lowest BCUT2D eigenvalue weighted by Gasteiger charge is -2.17. The van der Waals surface area contributed by atoms with Gasteiger partial charge in [0.1, 0.15) is 6.61 Å². The summed E-state index contributed by atoms with van der Waals surface area (Å²) in [5.41, 5.74) is 0.706. The second-order valence-corrected chi connectivity index (χ2v) is 7.14. The predicted molar refractivity (Wildman–Crippen MR) is 91.5 cm³/mol. The van der Waals surface area contributed by atoms with Crippen molar-refractivity contribution >= 4 is 45.8 Å². The number of Topliss-reactive ketones (excluding diaryl/α,β-unsaturated/α-hetero) is 1. The van der Waals surface area contributed by atoms with Crippen LogP contribution in [-0.2, 0) is 4.74 Å². The summed E-state index contributed by atoms with van der Waals surface area (Å²) in [4.78, 5) is 24.4. The number of hydrogen-bond acceptors (Lipinski definition) is 3. The molecule has 0 N–H and O–H groups in total. The summed E-state index contributed by atoms with van der Waals surface area (Å²) in [6, 6.07) is 4.70. The van der Waals surface area contributed by atoms with Crippen LogP contribution in [0.2, 0.25) is 5.02 Å². The van der Waals surface area contributed by atoms with E-state index in [1.807, 2.05) is 0 Å². The number of benzene rings is 1. The van der Waals surface area contributed by atoms with Gasteiger partial charge in [-0.1, -0.05) is 54.0 Å². The van der Waals surface area contributed by atoms with E-state index in [1.54, 1.807) is 12.1 Å². The number of fused-ring (bicyclic) bond motifs is 1. The molecule has 0 aliphatic heterocycles. The minimum atomic E-state index is -0.250. The first-order valence-electron chi connectivity index (χ1n) is 6.90. The van der Waals surface area contributed by atoms with E-state index >= 15 is 0 Å². The maximum Gasteiger partial charge on any atom is 0.228 e. The van der Waals surface area contributed by atoms with Crippen molar-refractivity contribution in [2.45, 2.75) is 30.1 Å². The highest BCUT2D eigenvalue weighted by molar-refractivity contribution is 14.1. The molecule has 0 heterocycles. The van der Waals surface area contributed by atoms with E-state index in [1.165, 1.54) is 12.1 Å². The van der Waals surface area contributed by atoms with Gasteiger partial charge in [-0.05, 0) is 24.6 Å². The minimum absolute atomic E-state index is 0.132. The zero-order valence-corrected chi connectivity index (χ0v) is 14.6. The average Bonchev–Trinajstić information content (AvgIpc) is 2.47. The highest BCUT2D eigenvalue weighted by Gasteiger charge is 2.27. The first-order chi connectivity index (χ1) is 10.0. The van der Waals surface area contributed by atoms with Gasteiger partial charge in [-0.3, -0.25) is 9.59 Å². The number of hydrogen-bond donors (Lipinski definition) is 0. The molecule has 1 unspecified atom stereocenters. The van der Waals surface area contributed by atoms with Crippen molar-refractivity contribution in [1.29, 1.82) is 0 Å². The molecule has 0 fully saturated rings. The fraction of sp³-hybridized carbons (Fsp3) is 0.375. The van der Waals surface area contributed by atoms with E-state index in [2.05, 4.69) is 29.5 Å². The summed E-state index contributed by atoms with van der Waals surface area (Å²) in [7, 11) is 0. The van der Waals surface area contributed by atoms with Crippen LogP contribution in [0, 0.1) is 0 Å². The zero-order chi connectivity index (χ0) is 15.4. The van der Waals surface area contributed by atoms with Gasteiger partial charge in [0.05, 0.1) is 0 Å². The van der Waals surface area contributed by atoms with Gasteiger partial charge in [-0.25, -0.2) is 0 Å². The molecule has 1 atom stereocenters. The lowest BCUT2D eigenvalue weighted by molar-refractivity contribution is 0.0884. The van der Waals surface area contributed by atoms with Gasteiger partial charge in [0.15, 0.2) is 11.5 Å². The molecule has 21 heavy (non-hydrogen) atoms. The van der Waals surface area contributed by atoms with Gasteiger partial charge in [0.2, 0.25) is 5.78 Å². The van der Waals surface area contributed by atoms with Crippen LogP contribution >= 0.6 is 34.2 Å². The van der Waals surface area contributed by atoms with Crippen LogP contribution in [0.1, 0.15) is 46.9 Å². The number of ketones is 2. The molecule has 0 bridgehead atoms. The largest absolute Gasteiger partial charge is 0.488 e. The number of halogens is 2. The van der Waals surface area contributed by atoms with Gasteiger partial charge < -0.3 is 4.74 Å². The lowest BCUT2D eigenvalue weighted by atomic mass is 9.94. The Hall–Kier alpha value is -0.880. The summed E-state index contributed by atoms with van der Waals surface area (Å²) in [5, 5.41) is 0.444. The van der Waals surface area contributed by atoms with E-state index in [-0.39, 0.29) is 17.3 Å². The maximum atomic E-state index is 12.3. The second-order valence-electron chi connectivity index (χ2n) is 4.94. The molecule has 1 aromatic carbocycles. The number of rotatable bonds is 6. The fourth-order valence-electron chi connectivity index (χ4n) is 2.11. The Kier molecular flexibility index (Phi) is 5.81. The number of carbonyl (C=O) groups excluding carboxylic acids is 2. The van der Waals surface area contributed by atoms with Gasteiger partial charge >= 0.3 is 0 Å². The van der Waals surface area contributed by atoms with Crippen molar-refractivity contribution in [3.63, 3.8) is 0 Å². The highest BCUT2D eigenvalue weighted by Crippen LogP contribution is 2.25. The Morgan fingerprint density at radius 1 is 1.29 bits per heavy atom. The fourth-order valence-corrected chi connectivity index (χ4v) is 2.90. The molecular formula is C16H16ClIO3. The summed E-state index contributed by atoms with van der Waals surface area (Å²) in [6.45, 7) is 2.58. The van der Waals surface area contributed by atoms with Crippen LogP contribution in [0.3, 0.4) is 0 Å². The van der Waals surface area contributed by atoms with Crippen LogP contribution in [0.4, 0.5) is 0 Å². The number of unbranched alkanes of at least 4 members (excludes halogenated alkanes) is 1. The van der Waals surface area contributed by atoms with Crippen molar-refractivity contribution in [2.24, 2.45) is 0 Å². The van der Waals surface area contributed by atoms with Crippen molar-refractivity contribution in [2.75, 3.05) is 6.61 Å². The summed E-state index contributed by atoms with van der Waals surface area (Å²) in [6.07, 6.45) is 4.57. The first-order valence-corrected chi connectivity index (χ1v) is 8.52. The molecule has 2 rings (SSSR count). The number of carbonyl (C=O) groups is 2. The van der Waals surface area contributed by atoms with E-state index in [0.717, 1.165) is 19.3 Å². The van der Waals surface area contributed by atoms with Crippen molar-refractivity contribution in [3.8, 4) is 0 Å². The molecule has 112 valence electrons. The number of alkyl halides is 1. The minimum Gasteiger partial charge on any atom is -0.488 e. The topological polar surface area (TPSA) is 43.4 Å². The Morgan fingerprint density at radius 3 is 2.76 bits per heavy atom. The molecule has 1 aromatic rings. The molecule has 3 nitrogen and oxygen atoms in total. The molecule has 1 aliphatic carbocycles. The summed E-state index contributed by atoms with van der Waals surface area (Å²) >= 11 is 8.17. The van der Waals surface area contributed by atoms with E-state index < -0.39 is 0 Å². The normalized spacial score (nSPS) is 15.5. The predicted octanol–water partition coefficient (Wildman–Crippen LogP) is 4.61. The first kappa shape index (κ1) is 16.5. The van der Waals surface area contributed by atoms with Crippen LogP contribution < -0.4 is 0 Å². The molecule has 0 aromatic heterocycles. The van der Waals surface area contributed by atoms with Crippen LogP contribution in [0.15, 0.2) is 30.0 Å². The van der Waals surface area contributed by atoms with E-state index in [9.17, 15) is 9.59 Å². The third kappa shape index (κ3) is 4.07. The molecule has 5 heteroatoms. The summed E-state index contributed by atoms with van der Waals surface area (Å²) < 4.78 is 5.89. The number of ether oxygens (including phenoxy) is 1. The van der Waals surface area contributed by atoms with Gasteiger partial charge in [0, 0.05) is 26.2 Å². The van der Waals surface area contributed by atoms with Crippen LogP contribution in [0.25, 0.3) is 0 Å². The molecule has 0 saturated carbocycles. The van der Waals surface area contributed by atoms with Crippen LogP contribution in [0.5, 0.6) is 0 Å². The lowest BCUT2D eigenvalue weighted by Crippen LogP contribution is -2.20. The molecule has 0 radical (unpaired) electrons. The van der Waals surface area contributed by atoms with Crippen molar-refractivity contribution in [3.05, 3.63) is 46.2 Å². The molecule has 0 spiro atoms. The van der Waals surface area contributed by atoms with Crippen LogP contribution in [-0.4, -0.2) is 22.1 Å². The zero-order valence-electron chi connectivity index (χ0n) is 11.7. The standard InChI is InChI=1S/C16H16ClIO3/c1-2-3-4-11(18)9-21-15-8-14(19)13-7-10(17)5-6-12(13)16(15)20/h5-8,11H,2-4,9H2,1H3. The molecule has 0 amide bonds. The van der Waals surface area contributed by atoms with Gasteiger partial charge in [-0.15, -0.1) is 0 Å². The molecular weight excluding hydrogens is 403 g/mol. The Morgan fingerprint density at radius 2 is 2.05 bits per heavy atom. The highest BCUT2D eigenvalue weighted by atomic mass is 127. The molecule has 1 aliphatic rings. The molecule has 0 saturated heterocycles. The second kappa shape index (κ2) is 7.40. The Bertz CT molecular complexity index is 595. The Balaban J connectivity index is 2.08. The third-order valence-corrected chi connectivity index (χ3v) is 4.49. The van der Waals surface area contributed by atoms with Crippen molar-refractivity contribution in [1.82, 2.24) is 0 Å². The van der Waals surface area contributed by atoms with Crippen molar-refractivity contribution < 1.29 is 14.3 Å². The van der Waals surface area contributed by atoms with Gasteiger partial charge in [-0.2, -0.15) is 0 Å². The van der Waals surface area contributed by atoms with E-state index in [4.69, 9.17) is 16.3 Å². The SMILES string of the molecule is CCCCC(I)COC1=CC(=O)c2cc(Cl)ccc2C1=O. The van der Waals surface area contributed by atoms with E-state index in [0.29, 0.717) is 26.7 Å². The Labute approximate surface area is 142 Å². The van der Waals surface area contributed by atoms with Gasteiger partial charge in [0.25, 0.3) is 0 Å². The summed E-state index contributed by atoms with van der Waals surface area (Å²) in [5.74, 6) is -0.353. The maximum absolute atomic E-state index is 12.3. The monoisotopic (exact) mass is 418 g/mol. The quantitative estimate of drug-likeness (QED) is 0.500. The third-order valence-electron chi connectivity index (χ3n) is 3.27. The number of allylic oxidation sites excluding steroid dienone is 2. The average molecular weight is 419 g/mol.